The minimum atomic E-state index is -4.71. The van der Waals surface area contributed by atoms with E-state index >= 15 is 0 Å². The number of nitrogens with zero attached hydrogens (tertiary/aromatic N) is 2. The zero-order valence-corrected chi connectivity index (χ0v) is 20.1. The van der Waals surface area contributed by atoms with E-state index < -0.39 is 33.9 Å². The van der Waals surface area contributed by atoms with E-state index in [0.29, 0.717) is 15.7 Å². The molecule has 1 aromatic heterocycles. The van der Waals surface area contributed by atoms with Crippen molar-refractivity contribution in [3.63, 3.8) is 0 Å². The molecule has 11 heteroatoms. The molecule has 0 spiro atoms. The van der Waals surface area contributed by atoms with Crippen LogP contribution in [0.25, 0.3) is 0 Å². The Hall–Kier alpha value is -2.33. The molecule has 1 N–H and O–H groups in total. The van der Waals surface area contributed by atoms with E-state index in [-0.39, 0.29) is 36.0 Å². The molecular formula is C23H25ClF3N3O3S. The number of nitrogens with one attached hydrogen (secondary N) is 1. The van der Waals surface area contributed by atoms with Gasteiger partial charge in [-0.15, -0.1) is 0 Å². The zero-order chi connectivity index (χ0) is 24.7. The number of aromatic nitrogens is 1. The molecule has 2 aliphatic rings. The highest BCUT2D eigenvalue weighted by atomic mass is 35.5. The van der Waals surface area contributed by atoms with Gasteiger partial charge in [0.25, 0.3) is 0 Å². The van der Waals surface area contributed by atoms with Crippen LogP contribution in [-0.2, 0) is 27.5 Å². The number of anilines is 1. The summed E-state index contributed by atoms with van der Waals surface area (Å²) in [4.78, 5) is 17.6. The van der Waals surface area contributed by atoms with E-state index in [0.717, 1.165) is 31.6 Å². The largest absolute Gasteiger partial charge is 0.413 e. The van der Waals surface area contributed by atoms with Crippen molar-refractivity contribution < 1.29 is 26.4 Å². The Morgan fingerprint density at radius 3 is 2.44 bits per heavy atom. The Balaban J connectivity index is 1.45. The molecule has 1 aliphatic heterocycles. The number of carbonyl (C=O) groups excluding carboxylic acids is 1. The molecule has 6 nitrogen and oxygen atoms in total. The molecule has 184 valence electrons. The number of pyridine rings is 1. The van der Waals surface area contributed by atoms with Crippen LogP contribution in [0.2, 0.25) is 5.02 Å². The fourth-order valence-corrected chi connectivity index (χ4v) is 6.42. The van der Waals surface area contributed by atoms with Gasteiger partial charge in [-0.2, -0.15) is 13.2 Å². The monoisotopic (exact) mass is 515 g/mol. The molecule has 0 radical (unpaired) electrons. The summed E-state index contributed by atoms with van der Waals surface area (Å²) in [6, 6.07) is 6.40. The van der Waals surface area contributed by atoms with Gasteiger partial charge in [-0.25, -0.2) is 13.4 Å². The minimum Gasteiger partial charge on any atom is -0.367 e. The van der Waals surface area contributed by atoms with Crippen molar-refractivity contribution in [2.45, 2.75) is 43.9 Å². The van der Waals surface area contributed by atoms with Gasteiger partial charge in [0.2, 0.25) is 5.91 Å². The first kappa shape index (κ1) is 24.8. The summed E-state index contributed by atoms with van der Waals surface area (Å²) in [5.41, 5.74) is 2.15. The number of sulfone groups is 1. The minimum absolute atomic E-state index is 0.0339. The van der Waals surface area contributed by atoms with E-state index in [1.54, 1.807) is 0 Å². The summed E-state index contributed by atoms with van der Waals surface area (Å²) in [6.07, 6.45) is -2.02. The van der Waals surface area contributed by atoms with E-state index in [9.17, 15) is 26.4 Å². The standard InChI is InChI=1S/C23H25ClF3N3O3S/c1-30(22(31)14-6-8-34(32,33)9-7-14)21(23(25,26)27)16-3-5-20(28-13-16)29-19-11-15-2-4-18(24)10-17(15)12-19/h2-5,10,13-14,19,21H,6-9,11-12H2,1H3,(H,28,29). The number of fused-ring (bicyclic) bond motifs is 1. The van der Waals surface area contributed by atoms with Crippen molar-refractivity contribution in [2.24, 2.45) is 5.92 Å². The summed E-state index contributed by atoms with van der Waals surface area (Å²) < 4.78 is 65.2. The molecule has 0 saturated carbocycles. The normalized spacial score (nSPS) is 21.0. The third-order valence-corrected chi connectivity index (χ3v) is 8.45. The number of halogens is 4. The van der Waals surface area contributed by atoms with Crippen molar-refractivity contribution in [3.05, 3.63) is 58.2 Å². The SMILES string of the molecule is CN(C(=O)C1CCS(=O)(=O)CC1)C(c1ccc(NC2Cc3ccc(Cl)cc3C2)nc1)C(F)(F)F. The predicted molar refractivity (Wildman–Crippen MR) is 123 cm³/mol. The number of alkyl halides is 3. The van der Waals surface area contributed by atoms with E-state index in [1.165, 1.54) is 17.7 Å². The molecule has 2 atom stereocenters. The maximum Gasteiger partial charge on any atom is 0.413 e. The molecule has 0 bridgehead atoms. The first-order valence-electron chi connectivity index (χ1n) is 11.0. The predicted octanol–water partition coefficient (Wildman–Crippen LogP) is 4.20. The number of carbonyl (C=O) groups is 1. The molecule has 2 heterocycles. The number of hydrogen-bond donors (Lipinski definition) is 1. The van der Waals surface area contributed by atoms with E-state index in [2.05, 4.69) is 10.3 Å². The summed E-state index contributed by atoms with van der Waals surface area (Å²) in [5, 5.41) is 3.91. The average molecular weight is 516 g/mol. The second-order valence-corrected chi connectivity index (χ2v) is 11.7. The van der Waals surface area contributed by atoms with Crippen LogP contribution < -0.4 is 5.32 Å². The summed E-state index contributed by atoms with van der Waals surface area (Å²) >= 11 is 6.05. The smallest absolute Gasteiger partial charge is 0.367 e. The Bertz CT molecular complexity index is 1160. The van der Waals surface area contributed by atoms with Gasteiger partial charge >= 0.3 is 6.18 Å². The van der Waals surface area contributed by atoms with Gasteiger partial charge in [-0.05, 0) is 55.0 Å². The lowest BCUT2D eigenvalue weighted by Crippen LogP contribution is -2.44. The van der Waals surface area contributed by atoms with Gasteiger partial charge in [0.15, 0.2) is 6.04 Å². The molecule has 2 aromatic rings. The summed E-state index contributed by atoms with van der Waals surface area (Å²) in [6.45, 7) is 0. The molecule has 34 heavy (non-hydrogen) atoms. The van der Waals surface area contributed by atoms with Crippen LogP contribution in [0.15, 0.2) is 36.5 Å². The van der Waals surface area contributed by atoms with Gasteiger partial charge in [-0.1, -0.05) is 23.7 Å². The molecule has 1 saturated heterocycles. The third-order valence-electron chi connectivity index (χ3n) is 6.50. The van der Waals surface area contributed by atoms with Crippen LogP contribution in [-0.4, -0.2) is 55.0 Å². The van der Waals surface area contributed by atoms with Crippen molar-refractivity contribution in [3.8, 4) is 0 Å². The molecular weight excluding hydrogens is 491 g/mol. The molecule has 4 rings (SSSR count). The first-order chi connectivity index (χ1) is 15.9. The van der Waals surface area contributed by atoms with Crippen LogP contribution in [0.1, 0.15) is 35.6 Å². The Kier molecular flexibility index (Phi) is 6.83. The van der Waals surface area contributed by atoms with Crippen LogP contribution in [0.3, 0.4) is 0 Å². The van der Waals surface area contributed by atoms with Crippen LogP contribution in [0.5, 0.6) is 0 Å². The maximum absolute atomic E-state index is 14.0. The van der Waals surface area contributed by atoms with Crippen molar-refractivity contribution in [1.29, 1.82) is 0 Å². The van der Waals surface area contributed by atoms with Gasteiger partial charge in [0.1, 0.15) is 15.7 Å². The number of benzene rings is 1. The Labute approximate surface area is 201 Å². The van der Waals surface area contributed by atoms with Gasteiger partial charge in [-0.3, -0.25) is 4.79 Å². The molecule has 1 aliphatic carbocycles. The summed E-state index contributed by atoms with van der Waals surface area (Å²) in [5.74, 6) is -1.38. The molecule has 1 aromatic carbocycles. The number of hydrogen-bond acceptors (Lipinski definition) is 5. The lowest BCUT2D eigenvalue weighted by molar-refractivity contribution is -0.190. The lowest BCUT2D eigenvalue weighted by Gasteiger charge is -2.33. The molecule has 1 amide bonds. The molecule has 2 unspecified atom stereocenters. The van der Waals surface area contributed by atoms with Crippen LogP contribution >= 0.6 is 11.6 Å². The van der Waals surface area contributed by atoms with Gasteiger partial charge < -0.3 is 10.2 Å². The van der Waals surface area contributed by atoms with Crippen molar-refractivity contribution in [1.82, 2.24) is 9.88 Å². The zero-order valence-electron chi connectivity index (χ0n) is 18.5. The average Bonchev–Trinajstić information content (AvgIpc) is 3.15. The highest BCUT2D eigenvalue weighted by Gasteiger charge is 2.46. The first-order valence-corrected chi connectivity index (χ1v) is 13.2. The highest BCUT2D eigenvalue weighted by Crippen LogP contribution is 2.38. The molecule has 1 fully saturated rings. The van der Waals surface area contributed by atoms with E-state index in [1.807, 2.05) is 18.2 Å². The van der Waals surface area contributed by atoms with Crippen molar-refractivity contribution >= 4 is 33.2 Å². The fourth-order valence-electron chi connectivity index (χ4n) is 4.73. The van der Waals surface area contributed by atoms with Gasteiger partial charge in [0, 0.05) is 35.8 Å². The second-order valence-electron chi connectivity index (χ2n) is 8.96. The summed E-state index contributed by atoms with van der Waals surface area (Å²) in [7, 11) is -2.12. The Morgan fingerprint density at radius 1 is 1.15 bits per heavy atom. The second kappa shape index (κ2) is 9.37. The van der Waals surface area contributed by atoms with Crippen LogP contribution in [0.4, 0.5) is 19.0 Å². The fraction of sp³-hybridized carbons (Fsp3) is 0.478. The number of rotatable bonds is 5. The Morgan fingerprint density at radius 2 is 1.82 bits per heavy atom. The van der Waals surface area contributed by atoms with Crippen molar-refractivity contribution in [2.75, 3.05) is 23.9 Å². The topological polar surface area (TPSA) is 79.4 Å². The highest BCUT2D eigenvalue weighted by molar-refractivity contribution is 7.91. The van der Waals surface area contributed by atoms with E-state index in [4.69, 9.17) is 11.6 Å². The lowest BCUT2D eigenvalue weighted by atomic mass is 9.99. The van der Waals surface area contributed by atoms with Crippen LogP contribution in [0, 0.1) is 5.92 Å². The third kappa shape index (κ3) is 5.49. The number of amides is 1. The van der Waals surface area contributed by atoms with Gasteiger partial charge in [0.05, 0.1) is 11.5 Å². The quantitative estimate of drug-likeness (QED) is 0.645. The maximum atomic E-state index is 14.0.